The molecule has 1 atom stereocenters. The molecule has 0 unspecified atom stereocenters. The van der Waals surface area contributed by atoms with E-state index in [1.54, 1.807) is 11.8 Å². The molecule has 156 valence electrons. The maximum atomic E-state index is 13.0. The summed E-state index contributed by atoms with van der Waals surface area (Å²) in [6, 6.07) is 14.6. The van der Waals surface area contributed by atoms with Crippen LogP contribution in [-0.2, 0) is 16.1 Å². The minimum atomic E-state index is -0.632. The smallest absolute Gasteiger partial charge is 0.261 e. The standard InChI is InChI=1S/C23H29BrN2O3/c1-16-6-12-20(13-7-16)29-15-21(27)26(14-18-8-10-19(24)11-9-18)17(2)22(28)25-23(3,4)5/h6-13,17H,14-15H2,1-5H3,(H,25,28)/t17-/m1/s1. The summed E-state index contributed by atoms with van der Waals surface area (Å²) in [6.45, 7) is 9.67. The molecule has 0 bridgehead atoms. The summed E-state index contributed by atoms with van der Waals surface area (Å²) in [6.07, 6.45) is 0. The van der Waals surface area contributed by atoms with Gasteiger partial charge in [-0.3, -0.25) is 9.59 Å². The van der Waals surface area contributed by atoms with Gasteiger partial charge in [-0.1, -0.05) is 45.8 Å². The molecule has 29 heavy (non-hydrogen) atoms. The summed E-state index contributed by atoms with van der Waals surface area (Å²) in [5.74, 6) is 0.183. The van der Waals surface area contributed by atoms with Crippen LogP contribution in [0.5, 0.6) is 5.75 Å². The van der Waals surface area contributed by atoms with Crippen LogP contribution in [0.15, 0.2) is 53.0 Å². The molecule has 0 saturated heterocycles. The Morgan fingerprint density at radius 3 is 2.21 bits per heavy atom. The van der Waals surface area contributed by atoms with Gasteiger partial charge in [-0.25, -0.2) is 0 Å². The number of carbonyl (C=O) groups is 2. The van der Waals surface area contributed by atoms with Gasteiger partial charge >= 0.3 is 0 Å². The lowest BCUT2D eigenvalue weighted by Crippen LogP contribution is -2.53. The molecule has 0 fully saturated rings. The Morgan fingerprint density at radius 2 is 1.66 bits per heavy atom. The molecule has 1 N–H and O–H groups in total. The summed E-state index contributed by atoms with van der Waals surface area (Å²) in [5.41, 5.74) is 1.68. The van der Waals surface area contributed by atoms with Gasteiger partial charge in [0, 0.05) is 16.6 Å². The normalized spacial score (nSPS) is 12.2. The van der Waals surface area contributed by atoms with E-state index in [0.717, 1.165) is 15.6 Å². The SMILES string of the molecule is Cc1ccc(OCC(=O)N(Cc2ccc(Br)cc2)[C@H](C)C(=O)NC(C)(C)C)cc1. The van der Waals surface area contributed by atoms with Gasteiger partial charge in [0.1, 0.15) is 11.8 Å². The predicted octanol–water partition coefficient (Wildman–Crippen LogP) is 4.47. The van der Waals surface area contributed by atoms with Crippen LogP contribution in [0.25, 0.3) is 0 Å². The van der Waals surface area contributed by atoms with Crippen molar-refractivity contribution in [2.75, 3.05) is 6.61 Å². The molecule has 2 amide bonds. The lowest BCUT2D eigenvalue weighted by molar-refractivity contribution is -0.142. The van der Waals surface area contributed by atoms with Crippen molar-refractivity contribution in [3.8, 4) is 5.75 Å². The molecule has 5 nitrogen and oxygen atoms in total. The summed E-state index contributed by atoms with van der Waals surface area (Å²) >= 11 is 3.42. The number of hydrogen-bond acceptors (Lipinski definition) is 3. The molecule has 0 aliphatic heterocycles. The predicted molar refractivity (Wildman–Crippen MR) is 119 cm³/mol. The number of rotatable bonds is 7. The molecule has 0 radical (unpaired) electrons. The summed E-state index contributed by atoms with van der Waals surface area (Å²) < 4.78 is 6.62. The second-order valence-corrected chi connectivity index (χ2v) is 9.08. The average Bonchev–Trinajstić information content (AvgIpc) is 2.65. The maximum Gasteiger partial charge on any atom is 0.261 e. The number of amides is 2. The second kappa shape index (κ2) is 9.92. The highest BCUT2D eigenvalue weighted by Crippen LogP contribution is 2.16. The van der Waals surface area contributed by atoms with E-state index in [9.17, 15) is 9.59 Å². The van der Waals surface area contributed by atoms with Crippen LogP contribution in [0.3, 0.4) is 0 Å². The molecule has 0 spiro atoms. The maximum absolute atomic E-state index is 13.0. The van der Waals surface area contributed by atoms with E-state index in [1.807, 2.05) is 76.2 Å². The number of hydrogen-bond donors (Lipinski definition) is 1. The second-order valence-electron chi connectivity index (χ2n) is 8.17. The fraction of sp³-hybridized carbons (Fsp3) is 0.391. The van der Waals surface area contributed by atoms with Gasteiger partial charge in [0.25, 0.3) is 5.91 Å². The fourth-order valence-corrected chi connectivity index (χ4v) is 2.97. The van der Waals surface area contributed by atoms with Crippen LogP contribution in [-0.4, -0.2) is 34.9 Å². The lowest BCUT2D eigenvalue weighted by Gasteiger charge is -2.31. The molecule has 2 aromatic carbocycles. The van der Waals surface area contributed by atoms with Crippen molar-refractivity contribution >= 4 is 27.7 Å². The fourth-order valence-electron chi connectivity index (χ4n) is 2.71. The highest BCUT2D eigenvalue weighted by Gasteiger charge is 2.28. The van der Waals surface area contributed by atoms with Gasteiger partial charge < -0.3 is 15.0 Å². The third-order valence-corrected chi connectivity index (χ3v) is 4.84. The van der Waals surface area contributed by atoms with Gasteiger partial charge in [0.15, 0.2) is 6.61 Å². The Balaban J connectivity index is 2.15. The Bertz CT molecular complexity index is 827. The van der Waals surface area contributed by atoms with Crippen molar-refractivity contribution in [1.29, 1.82) is 0 Å². The van der Waals surface area contributed by atoms with E-state index in [2.05, 4.69) is 21.2 Å². The first kappa shape index (κ1) is 22.9. The number of halogens is 1. The van der Waals surface area contributed by atoms with Crippen molar-refractivity contribution in [2.24, 2.45) is 0 Å². The van der Waals surface area contributed by atoms with E-state index >= 15 is 0 Å². The summed E-state index contributed by atoms with van der Waals surface area (Å²) in [5, 5.41) is 2.95. The Morgan fingerprint density at radius 1 is 1.07 bits per heavy atom. The van der Waals surface area contributed by atoms with Crippen molar-refractivity contribution < 1.29 is 14.3 Å². The minimum Gasteiger partial charge on any atom is -0.484 e. The molecule has 0 aromatic heterocycles. The molecule has 2 rings (SSSR count). The van der Waals surface area contributed by atoms with E-state index in [0.29, 0.717) is 12.3 Å². The van der Waals surface area contributed by atoms with Crippen LogP contribution in [0.2, 0.25) is 0 Å². The van der Waals surface area contributed by atoms with Crippen LogP contribution >= 0.6 is 15.9 Å². The first-order valence-corrected chi connectivity index (χ1v) is 10.4. The highest BCUT2D eigenvalue weighted by molar-refractivity contribution is 9.10. The monoisotopic (exact) mass is 460 g/mol. The zero-order valence-corrected chi connectivity index (χ0v) is 19.2. The van der Waals surface area contributed by atoms with Crippen LogP contribution < -0.4 is 10.1 Å². The van der Waals surface area contributed by atoms with Gasteiger partial charge in [-0.2, -0.15) is 0 Å². The minimum absolute atomic E-state index is 0.132. The topological polar surface area (TPSA) is 58.6 Å². The Kier molecular flexibility index (Phi) is 7.85. The number of benzene rings is 2. The van der Waals surface area contributed by atoms with Crippen LogP contribution in [0.1, 0.15) is 38.8 Å². The largest absolute Gasteiger partial charge is 0.484 e. The molecule has 2 aromatic rings. The van der Waals surface area contributed by atoms with E-state index in [4.69, 9.17) is 4.74 Å². The quantitative estimate of drug-likeness (QED) is 0.662. The van der Waals surface area contributed by atoms with E-state index < -0.39 is 6.04 Å². The van der Waals surface area contributed by atoms with E-state index in [-0.39, 0.29) is 24.0 Å². The third-order valence-electron chi connectivity index (χ3n) is 4.31. The molecule has 0 aliphatic carbocycles. The highest BCUT2D eigenvalue weighted by atomic mass is 79.9. The number of ether oxygens (including phenoxy) is 1. The van der Waals surface area contributed by atoms with Crippen molar-refractivity contribution in [3.63, 3.8) is 0 Å². The summed E-state index contributed by atoms with van der Waals surface area (Å²) in [7, 11) is 0. The molecule has 6 heteroatoms. The Hall–Kier alpha value is -2.34. The third kappa shape index (κ3) is 7.54. The van der Waals surface area contributed by atoms with Gasteiger partial charge in [0.05, 0.1) is 0 Å². The van der Waals surface area contributed by atoms with Gasteiger partial charge in [-0.05, 0) is 64.4 Å². The zero-order valence-electron chi connectivity index (χ0n) is 17.7. The van der Waals surface area contributed by atoms with E-state index in [1.165, 1.54) is 0 Å². The lowest BCUT2D eigenvalue weighted by atomic mass is 10.1. The molecular formula is C23H29BrN2O3. The Labute approximate surface area is 181 Å². The van der Waals surface area contributed by atoms with Crippen LogP contribution in [0, 0.1) is 6.92 Å². The first-order valence-electron chi connectivity index (χ1n) is 9.60. The number of aryl methyl sites for hydroxylation is 1. The van der Waals surface area contributed by atoms with Crippen molar-refractivity contribution in [1.82, 2.24) is 10.2 Å². The molecule has 0 heterocycles. The van der Waals surface area contributed by atoms with Crippen molar-refractivity contribution in [3.05, 3.63) is 64.1 Å². The average molecular weight is 461 g/mol. The first-order chi connectivity index (χ1) is 13.5. The number of nitrogens with zero attached hydrogens (tertiary/aromatic N) is 1. The summed E-state index contributed by atoms with van der Waals surface area (Å²) in [4.78, 5) is 27.2. The van der Waals surface area contributed by atoms with Gasteiger partial charge in [-0.15, -0.1) is 0 Å². The van der Waals surface area contributed by atoms with Crippen LogP contribution in [0.4, 0.5) is 0 Å². The zero-order chi connectivity index (χ0) is 21.6. The molecule has 0 saturated carbocycles. The number of nitrogens with one attached hydrogen (secondary N) is 1. The molecule has 0 aliphatic rings. The van der Waals surface area contributed by atoms with Gasteiger partial charge in [0.2, 0.25) is 5.91 Å². The molecular weight excluding hydrogens is 432 g/mol. The number of carbonyl (C=O) groups excluding carboxylic acids is 2. The van der Waals surface area contributed by atoms with Crippen molar-refractivity contribution in [2.45, 2.75) is 52.7 Å².